The number of carbonyl (C=O) groups excluding carboxylic acids is 2. The maximum absolute atomic E-state index is 12.3. The molecular formula is C14H18N4O5S. The third kappa shape index (κ3) is 3.30. The summed E-state index contributed by atoms with van der Waals surface area (Å²) in [5, 5.41) is 25.9. The van der Waals surface area contributed by atoms with Crippen molar-refractivity contribution in [2.75, 3.05) is 19.0 Å². The van der Waals surface area contributed by atoms with Gasteiger partial charge in [0, 0.05) is 18.7 Å². The van der Waals surface area contributed by atoms with Crippen molar-refractivity contribution in [3.63, 3.8) is 0 Å². The maximum Gasteiger partial charge on any atom is 0.355 e. The lowest BCUT2D eigenvalue weighted by Gasteiger charge is -2.44. The molecule has 0 aliphatic carbocycles. The number of ether oxygens (including phenoxy) is 1. The molecule has 24 heavy (non-hydrogen) atoms. The van der Waals surface area contributed by atoms with Gasteiger partial charge in [0.1, 0.15) is 11.4 Å². The molecular weight excluding hydrogens is 336 g/mol. The first kappa shape index (κ1) is 16.9. The summed E-state index contributed by atoms with van der Waals surface area (Å²) in [6, 6.07) is 0. The second-order valence-corrected chi connectivity index (χ2v) is 6.63. The van der Waals surface area contributed by atoms with Gasteiger partial charge in [0.25, 0.3) is 0 Å². The smallest absolute Gasteiger partial charge is 0.355 e. The molecule has 2 N–H and O–H groups in total. The quantitative estimate of drug-likeness (QED) is 0.373. The number of aryl methyl sites for hydroxylation is 1. The predicted molar refractivity (Wildman–Crippen MR) is 83.3 cm³/mol. The van der Waals surface area contributed by atoms with Crippen LogP contribution in [0.2, 0.25) is 0 Å². The van der Waals surface area contributed by atoms with Crippen LogP contribution in [0.15, 0.2) is 17.5 Å². The summed E-state index contributed by atoms with van der Waals surface area (Å²) < 4.78 is 6.81. The van der Waals surface area contributed by atoms with E-state index in [2.05, 4.69) is 10.3 Å². The van der Waals surface area contributed by atoms with Gasteiger partial charge in [0.05, 0.1) is 37.8 Å². The third-order valence-electron chi connectivity index (χ3n) is 3.83. The number of rotatable bonds is 7. The molecule has 1 saturated heterocycles. The fraction of sp³-hybridized carbons (Fsp3) is 0.571. The molecule has 10 heteroatoms. The zero-order valence-corrected chi connectivity index (χ0v) is 13.7. The lowest BCUT2D eigenvalue weighted by Crippen LogP contribution is -2.54. The molecule has 0 aromatic carbocycles. The summed E-state index contributed by atoms with van der Waals surface area (Å²) in [4.78, 5) is 25.5. The Balaban J connectivity index is 1.53. The monoisotopic (exact) mass is 354 g/mol. The molecule has 1 fully saturated rings. The van der Waals surface area contributed by atoms with E-state index >= 15 is 0 Å². The summed E-state index contributed by atoms with van der Waals surface area (Å²) in [5.41, 5.74) is 1.20. The minimum atomic E-state index is -0.577. The second kappa shape index (κ2) is 7.32. The molecule has 0 bridgehead atoms. The molecule has 0 unspecified atom stereocenters. The van der Waals surface area contributed by atoms with Crippen LogP contribution in [-0.4, -0.2) is 66.3 Å². The highest BCUT2D eigenvalue weighted by molar-refractivity contribution is 8.00. The number of esters is 1. The number of aliphatic hydroxyl groups is 2. The second-order valence-electron chi connectivity index (χ2n) is 5.46. The van der Waals surface area contributed by atoms with Gasteiger partial charge >= 0.3 is 5.97 Å². The predicted octanol–water partition coefficient (Wildman–Crippen LogP) is -0.745. The number of amides is 1. The summed E-state index contributed by atoms with van der Waals surface area (Å²) >= 11 is 1.54. The van der Waals surface area contributed by atoms with E-state index in [1.54, 1.807) is 22.6 Å². The van der Waals surface area contributed by atoms with Crippen LogP contribution in [0, 0.1) is 0 Å². The van der Waals surface area contributed by atoms with Crippen LogP contribution >= 0.6 is 11.8 Å². The highest BCUT2D eigenvalue weighted by Gasteiger charge is 2.45. The molecule has 0 saturated carbocycles. The molecule has 3 rings (SSSR count). The summed E-state index contributed by atoms with van der Waals surface area (Å²) in [7, 11) is 0. The lowest BCUT2D eigenvalue weighted by molar-refractivity contribution is -0.149. The first-order chi connectivity index (χ1) is 11.6. The Kier molecular flexibility index (Phi) is 5.17. The fourth-order valence-corrected chi connectivity index (χ4v) is 3.82. The van der Waals surface area contributed by atoms with Gasteiger partial charge in [-0.25, -0.2) is 4.79 Å². The average molecular weight is 354 g/mol. The number of hydrogen-bond donors (Lipinski definition) is 2. The molecule has 1 aromatic heterocycles. The van der Waals surface area contributed by atoms with Crippen LogP contribution in [0.1, 0.15) is 18.5 Å². The van der Waals surface area contributed by atoms with E-state index in [9.17, 15) is 14.7 Å². The van der Waals surface area contributed by atoms with Crippen molar-refractivity contribution in [3.8, 4) is 0 Å². The third-order valence-corrected chi connectivity index (χ3v) is 5.11. The molecule has 2 aliphatic heterocycles. The van der Waals surface area contributed by atoms with E-state index in [0.29, 0.717) is 36.4 Å². The summed E-state index contributed by atoms with van der Waals surface area (Å²) in [6.07, 6.45) is 2.56. The lowest BCUT2D eigenvalue weighted by atomic mass is 10.1. The highest BCUT2D eigenvalue weighted by Crippen LogP contribution is 2.40. The first-order valence-corrected chi connectivity index (χ1v) is 8.62. The van der Waals surface area contributed by atoms with Gasteiger partial charge in [-0.3, -0.25) is 14.4 Å². The molecule has 1 aromatic rings. The number of aromatic nitrogens is 3. The number of nitrogens with zero attached hydrogens (tertiary/aromatic N) is 4. The van der Waals surface area contributed by atoms with Crippen molar-refractivity contribution in [2.45, 2.75) is 31.4 Å². The number of aliphatic hydroxyl groups excluding tert-OH is 2. The zero-order valence-electron chi connectivity index (χ0n) is 12.9. The van der Waals surface area contributed by atoms with E-state index < -0.39 is 5.97 Å². The molecule has 0 radical (unpaired) electrons. The topological polar surface area (TPSA) is 118 Å². The van der Waals surface area contributed by atoms with Gasteiger partial charge in [-0.2, -0.15) is 0 Å². The van der Waals surface area contributed by atoms with Crippen molar-refractivity contribution in [1.29, 1.82) is 0 Å². The Hall–Kier alpha value is -1.91. The largest absolute Gasteiger partial charge is 0.461 e. The molecule has 130 valence electrons. The van der Waals surface area contributed by atoms with Crippen LogP contribution in [-0.2, 0) is 27.5 Å². The van der Waals surface area contributed by atoms with E-state index in [4.69, 9.17) is 9.84 Å². The molecule has 1 amide bonds. The van der Waals surface area contributed by atoms with Crippen molar-refractivity contribution in [3.05, 3.63) is 23.2 Å². The van der Waals surface area contributed by atoms with Gasteiger partial charge in [-0.1, -0.05) is 5.21 Å². The molecule has 3 heterocycles. The minimum Gasteiger partial charge on any atom is -0.461 e. The molecule has 1 atom stereocenters. The first-order valence-electron chi connectivity index (χ1n) is 7.57. The normalized spacial score (nSPS) is 20.0. The van der Waals surface area contributed by atoms with Crippen LogP contribution in [0.3, 0.4) is 0 Å². The van der Waals surface area contributed by atoms with Gasteiger partial charge < -0.3 is 14.9 Å². The Bertz CT molecular complexity index is 674. The van der Waals surface area contributed by atoms with Gasteiger partial charge in [0.2, 0.25) is 5.91 Å². The molecule has 9 nitrogen and oxygen atoms in total. The fourth-order valence-electron chi connectivity index (χ4n) is 2.57. The Labute approximate surface area is 142 Å². The van der Waals surface area contributed by atoms with E-state index in [1.165, 1.54) is 4.90 Å². The Morgan fingerprint density at radius 1 is 1.42 bits per heavy atom. The van der Waals surface area contributed by atoms with Crippen molar-refractivity contribution in [2.24, 2.45) is 0 Å². The van der Waals surface area contributed by atoms with Crippen LogP contribution in [0.25, 0.3) is 0 Å². The number of thioether (sulfide) groups is 1. The minimum absolute atomic E-state index is 0.0256. The van der Waals surface area contributed by atoms with E-state index in [1.807, 2.05) is 0 Å². The molecule has 2 aliphatic rings. The van der Waals surface area contributed by atoms with Crippen molar-refractivity contribution < 1.29 is 24.5 Å². The highest BCUT2D eigenvalue weighted by atomic mass is 32.2. The number of β-lactam (4-membered cyclic amide) rings is 1. The van der Waals surface area contributed by atoms with Crippen molar-refractivity contribution >= 4 is 23.6 Å². The Morgan fingerprint density at radius 2 is 2.25 bits per heavy atom. The SMILES string of the molecule is O=C(OCCCn1cc(CO)nn1)C1=C(CO)CS[C@@H]2CC(=O)N12. The number of carbonyl (C=O) groups is 2. The maximum atomic E-state index is 12.3. The number of fused-ring (bicyclic) bond motifs is 1. The van der Waals surface area contributed by atoms with Gasteiger partial charge in [-0.15, -0.1) is 16.9 Å². The molecule has 0 spiro atoms. The standard InChI is InChI=1S/C14H18N4O5S/c19-6-9-8-24-12-4-11(21)18(12)13(9)14(22)23-3-1-2-17-5-10(7-20)15-16-17/h5,12,19-20H,1-4,6-8H2/t12-/m1/s1. The van der Waals surface area contributed by atoms with Crippen LogP contribution < -0.4 is 0 Å². The summed E-state index contributed by atoms with van der Waals surface area (Å²) in [5.74, 6) is -0.172. The van der Waals surface area contributed by atoms with E-state index in [0.717, 1.165) is 0 Å². The average Bonchev–Trinajstić information content (AvgIpc) is 3.05. The zero-order chi connectivity index (χ0) is 17.1. The Morgan fingerprint density at radius 3 is 2.92 bits per heavy atom. The van der Waals surface area contributed by atoms with Crippen LogP contribution in [0.5, 0.6) is 0 Å². The van der Waals surface area contributed by atoms with Crippen molar-refractivity contribution in [1.82, 2.24) is 19.9 Å². The number of hydrogen-bond acceptors (Lipinski definition) is 8. The van der Waals surface area contributed by atoms with E-state index in [-0.39, 0.29) is 36.8 Å². The van der Waals surface area contributed by atoms with Crippen LogP contribution in [0.4, 0.5) is 0 Å². The van der Waals surface area contributed by atoms with Gasteiger partial charge in [0.15, 0.2) is 0 Å². The summed E-state index contributed by atoms with van der Waals surface area (Å²) in [6.45, 7) is 0.218. The van der Waals surface area contributed by atoms with Gasteiger partial charge in [-0.05, 0) is 5.57 Å².